The third-order valence-electron chi connectivity index (χ3n) is 6.23. The minimum absolute atomic E-state index is 0.0540. The van der Waals surface area contributed by atoms with Crippen molar-refractivity contribution in [3.05, 3.63) is 58.4 Å². The molecule has 2 fully saturated rings. The second-order valence-corrected chi connectivity index (χ2v) is 8.17. The summed E-state index contributed by atoms with van der Waals surface area (Å²) in [5.41, 5.74) is -2.06. The van der Waals surface area contributed by atoms with E-state index in [2.05, 4.69) is 15.3 Å². The Bertz CT molecular complexity index is 989. The largest absolute Gasteiger partial charge is 0.388 e. The van der Waals surface area contributed by atoms with Gasteiger partial charge in [-0.2, -0.15) is 0 Å². The molecule has 9 heteroatoms. The van der Waals surface area contributed by atoms with Gasteiger partial charge in [0, 0.05) is 25.8 Å². The first-order chi connectivity index (χ1) is 14.3. The molecule has 0 saturated carbocycles. The molecule has 160 valence electrons. The molecule has 0 bridgehead atoms. The molecule has 3 heterocycles. The molecule has 0 radical (unpaired) electrons. The second-order valence-electron chi connectivity index (χ2n) is 8.17. The molecule has 1 amide bonds. The van der Waals surface area contributed by atoms with E-state index < -0.39 is 29.0 Å². The van der Waals surface area contributed by atoms with Gasteiger partial charge in [-0.05, 0) is 38.3 Å². The normalized spacial score (nSPS) is 25.8. The molecule has 8 nitrogen and oxygen atoms in total. The van der Waals surface area contributed by atoms with Gasteiger partial charge in [0.25, 0.3) is 11.5 Å². The predicted octanol–water partition coefficient (Wildman–Crippen LogP) is 1.22. The van der Waals surface area contributed by atoms with Crippen molar-refractivity contribution in [2.75, 3.05) is 24.6 Å². The summed E-state index contributed by atoms with van der Waals surface area (Å²) in [6.07, 6.45) is 1.82. The number of nitrogens with zero attached hydrogens (tertiary/aromatic N) is 2. The van der Waals surface area contributed by atoms with Crippen LogP contribution in [-0.4, -0.2) is 57.9 Å². The maximum Gasteiger partial charge on any atom is 0.254 e. The number of carbonyl (C=O) groups is 1. The molecule has 2 atom stereocenters. The van der Waals surface area contributed by atoms with Gasteiger partial charge in [-0.25, -0.2) is 9.37 Å². The number of aliphatic hydroxyl groups is 1. The molecule has 2 aliphatic heterocycles. The van der Waals surface area contributed by atoms with E-state index >= 15 is 0 Å². The molecule has 0 aliphatic carbocycles. The van der Waals surface area contributed by atoms with Crippen LogP contribution in [0.5, 0.6) is 0 Å². The van der Waals surface area contributed by atoms with Crippen molar-refractivity contribution < 1.29 is 19.0 Å². The van der Waals surface area contributed by atoms with E-state index in [-0.39, 0.29) is 11.1 Å². The molecule has 2 aromatic rings. The fourth-order valence-corrected chi connectivity index (χ4v) is 4.43. The van der Waals surface area contributed by atoms with Crippen LogP contribution in [0.15, 0.2) is 41.5 Å². The number of nitrogens with one attached hydrogen (secondary N) is 2. The lowest BCUT2D eigenvalue weighted by atomic mass is 9.73. The molecule has 4 rings (SSSR count). The molecular formula is C21H25FN4O4. The SMILES string of the molecule is C[C@]1(NC(=O)c2ccccc2F)CCOC2(CCN(c3cc(=O)[nH]cn3)CC2)[C@@H]1O. The van der Waals surface area contributed by atoms with E-state index in [0.29, 0.717) is 44.8 Å². The highest BCUT2D eigenvalue weighted by Crippen LogP contribution is 2.40. The minimum atomic E-state index is -0.969. The van der Waals surface area contributed by atoms with Crippen molar-refractivity contribution in [1.29, 1.82) is 0 Å². The van der Waals surface area contributed by atoms with Crippen LogP contribution in [0.1, 0.15) is 36.5 Å². The van der Waals surface area contributed by atoms with E-state index in [1.807, 2.05) is 4.90 Å². The first kappa shape index (κ1) is 20.5. The summed E-state index contributed by atoms with van der Waals surface area (Å²) in [6, 6.07) is 7.21. The Hall–Kier alpha value is -2.78. The first-order valence-electron chi connectivity index (χ1n) is 10.0. The highest BCUT2D eigenvalue weighted by atomic mass is 19.1. The van der Waals surface area contributed by atoms with Gasteiger partial charge in [-0.15, -0.1) is 0 Å². The van der Waals surface area contributed by atoms with Crippen LogP contribution in [0, 0.1) is 5.82 Å². The molecular weight excluding hydrogens is 391 g/mol. The number of benzene rings is 1. The number of rotatable bonds is 3. The number of H-pyrrole nitrogens is 1. The Labute approximate surface area is 173 Å². The molecule has 0 unspecified atom stereocenters. The van der Waals surface area contributed by atoms with Crippen LogP contribution in [0.2, 0.25) is 0 Å². The number of aromatic amines is 1. The highest BCUT2D eigenvalue weighted by molar-refractivity contribution is 5.95. The number of aliphatic hydroxyl groups excluding tert-OH is 1. The Morgan fingerprint density at radius 2 is 2.07 bits per heavy atom. The van der Waals surface area contributed by atoms with Gasteiger partial charge in [-0.3, -0.25) is 9.59 Å². The Kier molecular flexibility index (Phi) is 5.33. The summed E-state index contributed by atoms with van der Waals surface area (Å²) in [6.45, 7) is 3.23. The number of halogens is 1. The number of hydrogen-bond donors (Lipinski definition) is 3. The zero-order chi connectivity index (χ0) is 21.4. The smallest absolute Gasteiger partial charge is 0.254 e. The molecule has 2 aliphatic rings. The predicted molar refractivity (Wildman–Crippen MR) is 108 cm³/mol. The topological polar surface area (TPSA) is 108 Å². The lowest BCUT2D eigenvalue weighted by Crippen LogP contribution is -2.69. The summed E-state index contributed by atoms with van der Waals surface area (Å²) >= 11 is 0. The van der Waals surface area contributed by atoms with Crippen LogP contribution in [0.4, 0.5) is 10.2 Å². The summed E-state index contributed by atoms with van der Waals surface area (Å²) in [5, 5.41) is 14.1. The fourth-order valence-electron chi connectivity index (χ4n) is 4.43. The van der Waals surface area contributed by atoms with Gasteiger partial charge in [0.15, 0.2) is 0 Å². The van der Waals surface area contributed by atoms with E-state index in [9.17, 15) is 19.1 Å². The molecule has 1 aromatic carbocycles. The number of amides is 1. The maximum atomic E-state index is 14.0. The second kappa shape index (κ2) is 7.81. The monoisotopic (exact) mass is 416 g/mol. The van der Waals surface area contributed by atoms with Crippen LogP contribution in [0.3, 0.4) is 0 Å². The van der Waals surface area contributed by atoms with Crippen molar-refractivity contribution in [3.63, 3.8) is 0 Å². The average Bonchev–Trinajstić information content (AvgIpc) is 2.73. The fraction of sp³-hybridized carbons (Fsp3) is 0.476. The lowest BCUT2D eigenvalue weighted by Gasteiger charge is -2.53. The Balaban J connectivity index is 1.49. The summed E-state index contributed by atoms with van der Waals surface area (Å²) in [4.78, 5) is 32.9. The summed E-state index contributed by atoms with van der Waals surface area (Å²) < 4.78 is 20.1. The number of piperidine rings is 1. The molecule has 1 aromatic heterocycles. The standard InChI is InChI=1S/C21H25FN4O4/c1-20(25-18(28)14-4-2-3-5-15(14)22)8-11-30-21(19(20)29)6-9-26(10-7-21)16-12-17(27)24-13-23-16/h2-5,12-13,19,29H,6-11H2,1H3,(H,25,28)(H,23,24,27)/t19-,20+/m1/s1. The van der Waals surface area contributed by atoms with Crippen molar-refractivity contribution in [3.8, 4) is 0 Å². The number of anilines is 1. The molecule has 30 heavy (non-hydrogen) atoms. The lowest BCUT2D eigenvalue weighted by molar-refractivity contribution is -0.195. The highest BCUT2D eigenvalue weighted by Gasteiger charge is 2.54. The third kappa shape index (κ3) is 3.70. The Morgan fingerprint density at radius 1 is 1.33 bits per heavy atom. The van der Waals surface area contributed by atoms with Crippen molar-refractivity contribution in [1.82, 2.24) is 15.3 Å². The van der Waals surface area contributed by atoms with Crippen LogP contribution in [0.25, 0.3) is 0 Å². The summed E-state index contributed by atoms with van der Waals surface area (Å²) in [7, 11) is 0. The molecule has 3 N–H and O–H groups in total. The average molecular weight is 416 g/mol. The van der Waals surface area contributed by atoms with Gasteiger partial charge < -0.3 is 25.0 Å². The van der Waals surface area contributed by atoms with Gasteiger partial charge in [-0.1, -0.05) is 12.1 Å². The van der Waals surface area contributed by atoms with E-state index in [1.54, 1.807) is 13.0 Å². The van der Waals surface area contributed by atoms with E-state index in [4.69, 9.17) is 4.74 Å². The van der Waals surface area contributed by atoms with Crippen molar-refractivity contribution in [2.45, 2.75) is 43.4 Å². The van der Waals surface area contributed by atoms with E-state index in [1.165, 1.54) is 30.6 Å². The van der Waals surface area contributed by atoms with Crippen molar-refractivity contribution in [2.24, 2.45) is 0 Å². The van der Waals surface area contributed by atoms with E-state index in [0.717, 1.165) is 0 Å². The van der Waals surface area contributed by atoms with Crippen LogP contribution in [-0.2, 0) is 4.74 Å². The quantitative estimate of drug-likeness (QED) is 0.695. The number of carbonyl (C=O) groups excluding carboxylic acids is 1. The zero-order valence-corrected chi connectivity index (χ0v) is 16.7. The maximum absolute atomic E-state index is 14.0. The van der Waals surface area contributed by atoms with Gasteiger partial charge in [0.1, 0.15) is 17.7 Å². The molecule has 2 saturated heterocycles. The third-order valence-corrected chi connectivity index (χ3v) is 6.23. The minimum Gasteiger partial charge on any atom is -0.388 e. The molecule has 1 spiro atoms. The van der Waals surface area contributed by atoms with Crippen LogP contribution >= 0.6 is 0 Å². The van der Waals surface area contributed by atoms with Gasteiger partial charge in [0.05, 0.1) is 23.0 Å². The zero-order valence-electron chi connectivity index (χ0n) is 16.7. The first-order valence-corrected chi connectivity index (χ1v) is 10.0. The number of hydrogen-bond acceptors (Lipinski definition) is 6. The number of aromatic nitrogens is 2. The Morgan fingerprint density at radius 3 is 2.77 bits per heavy atom. The number of ether oxygens (including phenoxy) is 1. The van der Waals surface area contributed by atoms with Crippen molar-refractivity contribution >= 4 is 11.7 Å². The van der Waals surface area contributed by atoms with Gasteiger partial charge >= 0.3 is 0 Å². The summed E-state index contributed by atoms with van der Waals surface area (Å²) in [5.74, 6) is -0.583. The van der Waals surface area contributed by atoms with Gasteiger partial charge in [0.2, 0.25) is 0 Å². The van der Waals surface area contributed by atoms with Crippen LogP contribution < -0.4 is 15.8 Å².